The number of hydrogen-bond donors (Lipinski definition) is 0. The average molecular weight is 507 g/mol. The summed E-state index contributed by atoms with van der Waals surface area (Å²) >= 11 is 0. The molecule has 0 aliphatic rings. The van der Waals surface area contributed by atoms with Gasteiger partial charge in [0.1, 0.15) is 0 Å². The van der Waals surface area contributed by atoms with E-state index in [9.17, 15) is 0 Å². The predicted molar refractivity (Wildman–Crippen MR) is 162 cm³/mol. The molecule has 0 saturated carbocycles. The maximum absolute atomic E-state index is 2.33. The van der Waals surface area contributed by atoms with Gasteiger partial charge in [0.25, 0.3) is 0 Å². The van der Waals surface area contributed by atoms with Gasteiger partial charge in [-0.2, -0.15) is 34.4 Å². The summed E-state index contributed by atoms with van der Waals surface area (Å²) < 4.78 is 0. The fourth-order valence-electron chi connectivity index (χ4n) is 5.07. The summed E-state index contributed by atoms with van der Waals surface area (Å²) in [6.07, 6.45) is 0. The van der Waals surface area contributed by atoms with E-state index in [1.54, 1.807) is 11.1 Å². The molecule has 0 unspecified atom stereocenters. The van der Waals surface area contributed by atoms with E-state index in [0.29, 0.717) is 0 Å². The Balaban J connectivity index is 0.000000642. The standard InChI is InChI=1S/2C17H29.Ca/c2*1-15(2,3)12-10-11-13(16(4,5)6)14(12)17(7,8)9;/h2*10-11H,1-9H3;/q2*-1;+2. The van der Waals surface area contributed by atoms with Crippen LogP contribution in [-0.2, 0) is 32.5 Å². The van der Waals surface area contributed by atoms with Crippen LogP contribution in [0.3, 0.4) is 0 Å². The molecule has 1 heteroatoms. The van der Waals surface area contributed by atoms with Gasteiger partial charge in [0, 0.05) is 0 Å². The Labute approximate surface area is 250 Å². The summed E-state index contributed by atoms with van der Waals surface area (Å²) in [6, 6.07) is 9.34. The van der Waals surface area contributed by atoms with Crippen LogP contribution >= 0.6 is 0 Å². The Kier molecular flexibility index (Phi) is 11.0. The molecule has 0 aromatic heterocycles. The number of rotatable bonds is 0. The summed E-state index contributed by atoms with van der Waals surface area (Å²) in [5.41, 5.74) is 10.5. The molecular formula is C34H58Ca. The van der Waals surface area contributed by atoms with Crippen LogP contribution in [0.4, 0.5) is 0 Å². The maximum atomic E-state index is 2.33. The van der Waals surface area contributed by atoms with Crippen LogP contribution in [-0.4, -0.2) is 37.7 Å². The molecule has 196 valence electrons. The van der Waals surface area contributed by atoms with Gasteiger partial charge in [-0.3, -0.25) is 0 Å². The summed E-state index contributed by atoms with van der Waals surface area (Å²) in [7, 11) is 0. The Morgan fingerprint density at radius 2 is 0.629 bits per heavy atom. The SMILES string of the molecule is CC(C)(C)c1cc[c-](C(C)(C)C)c1C(C)(C)C.CC(C)(C)c1cc[c-](C(C)(C)C)c1C(C)(C)C.[Ca+2]. The number of hydrogen-bond acceptors (Lipinski definition) is 0. The molecule has 0 atom stereocenters. The average Bonchev–Trinajstić information content (AvgIpc) is 3.17. The zero-order valence-corrected chi connectivity index (χ0v) is 29.2. The fraction of sp³-hybridized carbons (Fsp3) is 0.706. The van der Waals surface area contributed by atoms with Crippen molar-refractivity contribution in [2.24, 2.45) is 0 Å². The molecular weight excluding hydrogens is 448 g/mol. The summed E-state index contributed by atoms with van der Waals surface area (Å²) in [5, 5.41) is 0. The zero-order chi connectivity index (χ0) is 27.3. The Morgan fingerprint density at radius 3 is 0.771 bits per heavy atom. The van der Waals surface area contributed by atoms with Crippen LogP contribution in [0.25, 0.3) is 0 Å². The predicted octanol–water partition coefficient (Wildman–Crippen LogP) is 10.2. The van der Waals surface area contributed by atoms with Gasteiger partial charge in [-0.1, -0.05) is 146 Å². The van der Waals surface area contributed by atoms with Crippen LogP contribution in [0, 0.1) is 0 Å². The quantitative estimate of drug-likeness (QED) is 0.246. The molecule has 35 heavy (non-hydrogen) atoms. The third kappa shape index (κ3) is 9.04. The van der Waals surface area contributed by atoms with Crippen LogP contribution < -0.4 is 0 Å². The van der Waals surface area contributed by atoms with Crippen molar-refractivity contribution in [3.8, 4) is 0 Å². The van der Waals surface area contributed by atoms with Crippen LogP contribution in [0.15, 0.2) is 24.3 Å². The second-order valence-electron chi connectivity index (χ2n) is 16.6. The van der Waals surface area contributed by atoms with Crippen molar-refractivity contribution in [2.45, 2.75) is 157 Å². The molecule has 0 N–H and O–H groups in total. The van der Waals surface area contributed by atoms with E-state index in [4.69, 9.17) is 0 Å². The van der Waals surface area contributed by atoms with Crippen molar-refractivity contribution < 1.29 is 0 Å². The van der Waals surface area contributed by atoms with E-state index in [1.165, 1.54) is 22.3 Å². The van der Waals surface area contributed by atoms with E-state index in [2.05, 4.69) is 149 Å². The third-order valence-corrected chi connectivity index (χ3v) is 6.64. The van der Waals surface area contributed by atoms with Gasteiger partial charge in [-0.15, -0.1) is 11.1 Å². The second-order valence-corrected chi connectivity index (χ2v) is 16.6. The van der Waals surface area contributed by atoms with Crippen molar-refractivity contribution in [3.05, 3.63) is 57.6 Å². The van der Waals surface area contributed by atoms with Crippen LogP contribution in [0.1, 0.15) is 158 Å². The van der Waals surface area contributed by atoms with Gasteiger partial charge in [-0.25, -0.2) is 12.1 Å². The largest absolute Gasteiger partial charge is 2.00 e. The Hall–Kier alpha value is -0.0403. The monoisotopic (exact) mass is 506 g/mol. The topological polar surface area (TPSA) is 0 Å². The first-order valence-electron chi connectivity index (χ1n) is 13.3. The first-order valence-corrected chi connectivity index (χ1v) is 13.3. The van der Waals surface area contributed by atoms with Crippen LogP contribution in [0.5, 0.6) is 0 Å². The molecule has 0 heterocycles. The van der Waals surface area contributed by atoms with Gasteiger partial charge < -0.3 is 0 Å². The van der Waals surface area contributed by atoms with E-state index < -0.39 is 0 Å². The molecule has 0 nitrogen and oxygen atoms in total. The Morgan fingerprint density at radius 1 is 0.400 bits per heavy atom. The first-order chi connectivity index (χ1) is 14.7. The molecule has 0 bridgehead atoms. The minimum absolute atomic E-state index is 0. The Bertz CT molecular complexity index is 790. The second kappa shape index (κ2) is 11.0. The summed E-state index contributed by atoms with van der Waals surface area (Å²) in [4.78, 5) is 0. The molecule has 0 amide bonds. The van der Waals surface area contributed by atoms with Gasteiger partial charge >= 0.3 is 37.7 Å². The first kappa shape index (κ1) is 35.0. The van der Waals surface area contributed by atoms with Crippen molar-refractivity contribution in [1.82, 2.24) is 0 Å². The normalized spacial score (nSPS) is 13.8. The van der Waals surface area contributed by atoms with Crippen molar-refractivity contribution >= 4 is 37.7 Å². The van der Waals surface area contributed by atoms with Crippen molar-refractivity contribution in [1.29, 1.82) is 0 Å². The van der Waals surface area contributed by atoms with E-state index in [1.807, 2.05) is 0 Å². The minimum Gasteiger partial charge on any atom is -0.209 e. The van der Waals surface area contributed by atoms with E-state index >= 15 is 0 Å². The fourth-order valence-corrected chi connectivity index (χ4v) is 5.07. The zero-order valence-electron chi connectivity index (χ0n) is 27.0. The van der Waals surface area contributed by atoms with Gasteiger partial charge in [0.2, 0.25) is 0 Å². The molecule has 0 spiro atoms. The van der Waals surface area contributed by atoms with E-state index in [0.717, 1.165) is 0 Å². The molecule has 2 aromatic carbocycles. The van der Waals surface area contributed by atoms with E-state index in [-0.39, 0.29) is 70.2 Å². The van der Waals surface area contributed by atoms with Gasteiger partial charge in [0.05, 0.1) is 0 Å². The molecule has 0 aliphatic carbocycles. The van der Waals surface area contributed by atoms with Crippen LogP contribution in [0.2, 0.25) is 0 Å². The molecule has 0 fully saturated rings. The molecule has 0 saturated heterocycles. The molecule has 2 rings (SSSR count). The molecule has 0 aliphatic heterocycles. The summed E-state index contributed by atoms with van der Waals surface area (Å²) in [5.74, 6) is 0. The maximum Gasteiger partial charge on any atom is 2.00 e. The smallest absolute Gasteiger partial charge is 0.209 e. The third-order valence-electron chi connectivity index (χ3n) is 6.64. The molecule has 0 radical (unpaired) electrons. The van der Waals surface area contributed by atoms with Gasteiger partial charge in [0.15, 0.2) is 0 Å². The molecule has 2 aromatic rings. The minimum atomic E-state index is 0. The van der Waals surface area contributed by atoms with Crippen molar-refractivity contribution in [2.75, 3.05) is 0 Å². The van der Waals surface area contributed by atoms with Gasteiger partial charge in [-0.05, 0) is 10.8 Å². The summed E-state index contributed by atoms with van der Waals surface area (Å²) in [6.45, 7) is 41.7. The van der Waals surface area contributed by atoms with Crippen molar-refractivity contribution in [3.63, 3.8) is 0 Å².